The van der Waals surface area contributed by atoms with Gasteiger partial charge in [0.15, 0.2) is 5.78 Å². The van der Waals surface area contributed by atoms with Crippen molar-refractivity contribution in [3.63, 3.8) is 0 Å². The van der Waals surface area contributed by atoms with Crippen molar-refractivity contribution in [1.82, 2.24) is 0 Å². The third-order valence-electron chi connectivity index (χ3n) is 2.67. The smallest absolute Gasteiger partial charge is 0.245 e. The van der Waals surface area contributed by atoms with Crippen LogP contribution in [0.2, 0.25) is 0 Å². The first-order valence-electron chi connectivity index (χ1n) is 5.97. The zero-order chi connectivity index (χ0) is 14.7. The van der Waals surface area contributed by atoms with Crippen LogP contribution >= 0.6 is 11.8 Å². The van der Waals surface area contributed by atoms with Crippen LogP contribution in [0.15, 0.2) is 41.4 Å². The van der Waals surface area contributed by atoms with Crippen molar-refractivity contribution in [1.29, 1.82) is 0 Å². The molecule has 1 fully saturated rings. The van der Waals surface area contributed by atoms with Gasteiger partial charge in [-0.05, 0) is 19.1 Å². The fourth-order valence-electron chi connectivity index (χ4n) is 1.89. The van der Waals surface area contributed by atoms with Crippen molar-refractivity contribution in [2.24, 2.45) is 0 Å². The molecule has 0 bridgehead atoms. The minimum Gasteiger partial charge on any atom is -0.550 e. The highest BCUT2D eigenvalue weighted by molar-refractivity contribution is 8.05. The third-order valence-corrected chi connectivity index (χ3v) is 3.87. The summed E-state index contributed by atoms with van der Waals surface area (Å²) in [5.41, 5.74) is 0.610. The predicted octanol–water partition coefficient (Wildman–Crippen LogP) is 0.705. The molecular weight excluding hydrogens is 278 g/mol. The lowest BCUT2D eigenvalue weighted by molar-refractivity contribution is -0.305. The molecule has 1 aromatic carbocycles. The second kappa shape index (κ2) is 5.92. The lowest BCUT2D eigenvalue weighted by Gasteiger charge is -2.17. The number of carbonyl (C=O) groups is 3. The van der Waals surface area contributed by atoms with E-state index < -0.39 is 11.2 Å². The molecule has 0 spiro atoms. The highest BCUT2D eigenvalue weighted by atomic mass is 32.2. The Balaban J connectivity index is 2.37. The molecule has 1 heterocycles. The first-order chi connectivity index (χ1) is 9.49. The number of carbonyl (C=O) groups excluding carboxylic acids is 3. The molecule has 0 N–H and O–H groups in total. The minimum absolute atomic E-state index is 0.199. The first kappa shape index (κ1) is 14.3. The van der Waals surface area contributed by atoms with E-state index >= 15 is 0 Å². The van der Waals surface area contributed by atoms with Crippen LogP contribution in [0.5, 0.6) is 0 Å². The monoisotopic (exact) mass is 290 g/mol. The number of nitrogens with zero attached hydrogens (tertiary/aromatic N) is 1. The fraction of sp³-hybridized carbons (Fsp3) is 0.214. The number of thioether (sulfide) groups is 1. The van der Waals surface area contributed by atoms with Gasteiger partial charge in [0.05, 0.1) is 10.3 Å². The number of amides is 1. The van der Waals surface area contributed by atoms with E-state index in [0.717, 1.165) is 11.8 Å². The van der Waals surface area contributed by atoms with E-state index in [1.54, 1.807) is 24.3 Å². The number of benzene rings is 1. The molecule has 1 aliphatic heterocycles. The molecular formula is C14H12NO4S-. The standard InChI is InChI=1S/C14H13NO4S/c1-9(16)7-12-15(10-5-3-2-4-6-10)14(19)11(20-12)8-13(17)18/h2-7,11H,8H2,1H3,(H,17,18)/p-1/t11-/m1/s1. The molecule has 1 aromatic rings. The van der Waals surface area contributed by atoms with Gasteiger partial charge in [0.25, 0.3) is 0 Å². The molecule has 20 heavy (non-hydrogen) atoms. The van der Waals surface area contributed by atoms with Gasteiger partial charge in [0, 0.05) is 24.2 Å². The molecule has 0 unspecified atom stereocenters. The van der Waals surface area contributed by atoms with Crippen molar-refractivity contribution < 1.29 is 19.5 Å². The van der Waals surface area contributed by atoms with Gasteiger partial charge >= 0.3 is 0 Å². The van der Waals surface area contributed by atoms with Crippen LogP contribution in [0.1, 0.15) is 13.3 Å². The summed E-state index contributed by atoms with van der Waals surface area (Å²) < 4.78 is 0. The first-order valence-corrected chi connectivity index (χ1v) is 6.85. The van der Waals surface area contributed by atoms with Crippen LogP contribution in [-0.4, -0.2) is 22.9 Å². The Hall–Kier alpha value is -2.08. The maximum absolute atomic E-state index is 12.3. The van der Waals surface area contributed by atoms with Crippen molar-refractivity contribution in [3.8, 4) is 0 Å². The molecule has 1 aliphatic rings. The van der Waals surface area contributed by atoms with Crippen LogP contribution in [0, 0.1) is 0 Å². The lowest BCUT2D eigenvalue weighted by Crippen LogP contribution is -2.33. The molecule has 6 heteroatoms. The van der Waals surface area contributed by atoms with Gasteiger partial charge in [-0.1, -0.05) is 30.0 Å². The Morgan fingerprint density at radius 2 is 2.00 bits per heavy atom. The van der Waals surface area contributed by atoms with E-state index in [1.807, 2.05) is 6.07 Å². The van der Waals surface area contributed by atoms with E-state index in [1.165, 1.54) is 17.9 Å². The summed E-state index contributed by atoms with van der Waals surface area (Å²) in [4.78, 5) is 35.6. The molecule has 0 radical (unpaired) electrons. The molecule has 5 nitrogen and oxygen atoms in total. The second-order valence-electron chi connectivity index (χ2n) is 4.29. The average molecular weight is 290 g/mol. The quantitative estimate of drug-likeness (QED) is 0.763. The number of para-hydroxylation sites is 1. The number of allylic oxidation sites excluding steroid dienone is 1. The van der Waals surface area contributed by atoms with E-state index in [0.29, 0.717) is 10.7 Å². The second-order valence-corrected chi connectivity index (χ2v) is 5.51. The number of carboxylic acid groups (broad SMARTS) is 1. The normalized spacial score (nSPS) is 20.4. The Labute approximate surface area is 120 Å². The summed E-state index contributed by atoms with van der Waals surface area (Å²) in [7, 11) is 0. The Morgan fingerprint density at radius 3 is 2.55 bits per heavy atom. The van der Waals surface area contributed by atoms with Crippen molar-refractivity contribution >= 4 is 35.1 Å². The van der Waals surface area contributed by atoms with Gasteiger partial charge in [-0.3, -0.25) is 14.5 Å². The summed E-state index contributed by atoms with van der Waals surface area (Å²) in [5, 5.41) is 10.4. The highest BCUT2D eigenvalue weighted by Gasteiger charge is 2.37. The zero-order valence-electron chi connectivity index (χ0n) is 10.7. The third kappa shape index (κ3) is 3.08. The van der Waals surface area contributed by atoms with E-state index in [4.69, 9.17) is 0 Å². The average Bonchev–Trinajstić information content (AvgIpc) is 2.65. The van der Waals surface area contributed by atoms with Crippen LogP contribution in [-0.2, 0) is 14.4 Å². The molecule has 1 atom stereocenters. The number of aliphatic carboxylic acids is 1. The SMILES string of the molecule is CC(=O)C=C1S[C@H](CC(=O)[O-])C(=O)N1c1ccccc1. The summed E-state index contributed by atoms with van der Waals surface area (Å²) in [6.07, 6.45) is 0.965. The van der Waals surface area contributed by atoms with Crippen molar-refractivity contribution in [2.75, 3.05) is 4.90 Å². The highest BCUT2D eigenvalue weighted by Crippen LogP contribution is 2.39. The molecule has 0 aromatic heterocycles. The van der Waals surface area contributed by atoms with Gasteiger partial charge in [-0.25, -0.2) is 0 Å². The number of ketones is 1. The van der Waals surface area contributed by atoms with Gasteiger partial charge in [0.2, 0.25) is 5.91 Å². The van der Waals surface area contributed by atoms with Gasteiger partial charge in [0.1, 0.15) is 0 Å². The Morgan fingerprint density at radius 1 is 1.35 bits per heavy atom. The number of anilines is 1. The number of hydrogen-bond donors (Lipinski definition) is 0. The Bertz CT molecular complexity index is 582. The molecule has 0 aliphatic carbocycles. The Kier molecular flexibility index (Phi) is 4.24. The molecule has 0 saturated carbocycles. The van der Waals surface area contributed by atoms with E-state index in [-0.39, 0.29) is 18.1 Å². The topological polar surface area (TPSA) is 77.5 Å². The van der Waals surface area contributed by atoms with E-state index in [2.05, 4.69) is 0 Å². The molecule has 2 rings (SSSR count). The van der Waals surface area contributed by atoms with Crippen molar-refractivity contribution in [2.45, 2.75) is 18.6 Å². The predicted molar refractivity (Wildman–Crippen MR) is 73.7 cm³/mol. The van der Waals surface area contributed by atoms with Crippen LogP contribution < -0.4 is 10.0 Å². The number of carboxylic acids is 1. The maximum atomic E-state index is 12.3. The maximum Gasteiger partial charge on any atom is 0.245 e. The summed E-state index contributed by atoms with van der Waals surface area (Å²) in [5.74, 6) is -1.83. The largest absolute Gasteiger partial charge is 0.550 e. The molecule has 1 amide bonds. The lowest BCUT2D eigenvalue weighted by atomic mass is 10.2. The molecule has 1 saturated heterocycles. The van der Waals surface area contributed by atoms with Crippen LogP contribution in [0.4, 0.5) is 5.69 Å². The summed E-state index contributed by atoms with van der Waals surface area (Å²) in [6, 6.07) is 8.81. The van der Waals surface area contributed by atoms with Gasteiger partial charge in [-0.15, -0.1) is 0 Å². The summed E-state index contributed by atoms with van der Waals surface area (Å²) in [6.45, 7) is 1.38. The zero-order valence-corrected chi connectivity index (χ0v) is 11.6. The molecule has 104 valence electrons. The number of rotatable bonds is 4. The van der Waals surface area contributed by atoms with E-state index in [9.17, 15) is 19.5 Å². The fourth-order valence-corrected chi connectivity index (χ4v) is 3.14. The van der Waals surface area contributed by atoms with Gasteiger partial charge < -0.3 is 9.90 Å². The minimum atomic E-state index is -1.28. The summed E-state index contributed by atoms with van der Waals surface area (Å²) >= 11 is 1.07. The van der Waals surface area contributed by atoms with Crippen LogP contribution in [0.3, 0.4) is 0 Å². The van der Waals surface area contributed by atoms with Gasteiger partial charge in [-0.2, -0.15) is 0 Å². The number of hydrogen-bond acceptors (Lipinski definition) is 5. The van der Waals surface area contributed by atoms with Crippen LogP contribution in [0.25, 0.3) is 0 Å². The van der Waals surface area contributed by atoms with Crippen molar-refractivity contribution in [3.05, 3.63) is 41.4 Å².